The van der Waals surface area contributed by atoms with E-state index in [0.717, 1.165) is 19.3 Å². The molecule has 1 aromatic carbocycles. The quantitative estimate of drug-likeness (QED) is 0.265. The maximum absolute atomic E-state index is 11.5. The summed E-state index contributed by atoms with van der Waals surface area (Å²) >= 11 is 0. The van der Waals surface area contributed by atoms with Gasteiger partial charge in [0.1, 0.15) is 0 Å². The molecule has 0 saturated heterocycles. The van der Waals surface area contributed by atoms with Crippen molar-refractivity contribution in [1.29, 1.82) is 0 Å². The van der Waals surface area contributed by atoms with Gasteiger partial charge in [-0.15, -0.1) is 0 Å². The fourth-order valence-electron chi connectivity index (χ4n) is 3.96. The third-order valence-corrected chi connectivity index (χ3v) is 5.64. The van der Waals surface area contributed by atoms with Crippen LogP contribution in [0.2, 0.25) is 0 Å². The number of hydrogen-bond donors (Lipinski definition) is 2. The van der Waals surface area contributed by atoms with Gasteiger partial charge >= 0.3 is 11.9 Å². The average Bonchev–Trinajstić information content (AvgIpc) is 2.68. The standard InChI is InChI=1S/C25H40O4/c1-3-4-5-6-7-8-9-10-11-12-13-14-15-16-17-21-22(24(26)27)18-20(2)19-23(21)25(28)29/h18-19H,3-17H2,1-2H3,(H,26,27)(H,28,29). The van der Waals surface area contributed by atoms with Crippen LogP contribution in [-0.4, -0.2) is 22.2 Å². The van der Waals surface area contributed by atoms with Crippen molar-refractivity contribution in [2.75, 3.05) is 0 Å². The van der Waals surface area contributed by atoms with Crippen molar-refractivity contribution in [3.8, 4) is 0 Å². The van der Waals surface area contributed by atoms with E-state index in [0.29, 0.717) is 17.5 Å². The fraction of sp³-hybridized carbons (Fsp3) is 0.680. The van der Waals surface area contributed by atoms with Crippen LogP contribution in [0.25, 0.3) is 0 Å². The summed E-state index contributed by atoms with van der Waals surface area (Å²) in [7, 11) is 0. The molecule has 0 spiro atoms. The number of carboxylic acid groups (broad SMARTS) is 2. The van der Waals surface area contributed by atoms with E-state index in [9.17, 15) is 19.8 Å². The van der Waals surface area contributed by atoms with Gasteiger partial charge in [0.25, 0.3) is 0 Å². The van der Waals surface area contributed by atoms with Gasteiger partial charge in [-0.05, 0) is 43.0 Å². The lowest BCUT2D eigenvalue weighted by Gasteiger charge is -2.11. The van der Waals surface area contributed by atoms with Gasteiger partial charge < -0.3 is 10.2 Å². The maximum Gasteiger partial charge on any atom is 0.335 e. The molecular weight excluding hydrogens is 364 g/mol. The van der Waals surface area contributed by atoms with E-state index < -0.39 is 11.9 Å². The molecule has 0 amide bonds. The molecule has 0 saturated carbocycles. The Morgan fingerprint density at radius 1 is 0.655 bits per heavy atom. The highest BCUT2D eigenvalue weighted by atomic mass is 16.4. The molecule has 29 heavy (non-hydrogen) atoms. The summed E-state index contributed by atoms with van der Waals surface area (Å²) in [6.45, 7) is 3.98. The van der Waals surface area contributed by atoms with Crippen LogP contribution < -0.4 is 0 Å². The molecule has 164 valence electrons. The second kappa shape index (κ2) is 15.1. The molecule has 0 unspecified atom stereocenters. The van der Waals surface area contributed by atoms with E-state index in [1.54, 1.807) is 19.1 Å². The Hall–Kier alpha value is -1.84. The molecule has 1 aromatic rings. The lowest BCUT2D eigenvalue weighted by atomic mass is 9.93. The van der Waals surface area contributed by atoms with Crippen molar-refractivity contribution >= 4 is 11.9 Å². The van der Waals surface area contributed by atoms with Crippen LogP contribution in [0.3, 0.4) is 0 Å². The maximum atomic E-state index is 11.5. The van der Waals surface area contributed by atoms with Crippen molar-refractivity contribution < 1.29 is 19.8 Å². The highest BCUT2D eigenvalue weighted by Crippen LogP contribution is 2.21. The van der Waals surface area contributed by atoms with E-state index in [1.165, 1.54) is 70.6 Å². The first kappa shape index (κ1) is 25.2. The Kier molecular flexibility index (Phi) is 13.1. The zero-order valence-electron chi connectivity index (χ0n) is 18.5. The molecule has 0 atom stereocenters. The lowest BCUT2D eigenvalue weighted by Crippen LogP contribution is -2.11. The van der Waals surface area contributed by atoms with E-state index in [1.807, 2.05) is 0 Å². The lowest BCUT2D eigenvalue weighted by molar-refractivity contribution is 0.0695. The Labute approximate surface area is 176 Å². The molecule has 0 aliphatic rings. The molecule has 0 aromatic heterocycles. The van der Waals surface area contributed by atoms with Gasteiger partial charge in [0.05, 0.1) is 11.1 Å². The molecule has 2 N–H and O–H groups in total. The second-order valence-electron chi connectivity index (χ2n) is 8.30. The minimum absolute atomic E-state index is 0.136. The summed E-state index contributed by atoms with van der Waals surface area (Å²) in [5.74, 6) is -2.09. The first-order valence-corrected chi connectivity index (χ1v) is 11.6. The van der Waals surface area contributed by atoms with Crippen molar-refractivity contribution in [2.45, 2.75) is 110 Å². The van der Waals surface area contributed by atoms with E-state index in [2.05, 4.69) is 6.92 Å². The van der Waals surface area contributed by atoms with Crippen molar-refractivity contribution in [3.05, 3.63) is 34.4 Å². The molecule has 4 heteroatoms. The molecule has 0 bridgehead atoms. The SMILES string of the molecule is CCCCCCCCCCCCCCCCc1c(C(=O)O)cc(C)cc1C(=O)O. The number of unbranched alkanes of at least 4 members (excludes halogenated alkanes) is 13. The van der Waals surface area contributed by atoms with Crippen LogP contribution in [0.1, 0.15) is 129 Å². The molecular formula is C25H40O4. The minimum Gasteiger partial charge on any atom is -0.478 e. The topological polar surface area (TPSA) is 74.6 Å². The zero-order chi connectivity index (χ0) is 21.5. The summed E-state index contributed by atoms with van der Waals surface area (Å²) in [5.41, 5.74) is 1.41. The van der Waals surface area contributed by atoms with Gasteiger partial charge in [0.2, 0.25) is 0 Å². The van der Waals surface area contributed by atoms with Crippen LogP contribution in [-0.2, 0) is 6.42 Å². The predicted molar refractivity (Wildman–Crippen MR) is 119 cm³/mol. The molecule has 1 rings (SSSR count). The van der Waals surface area contributed by atoms with Crippen LogP contribution in [0.15, 0.2) is 12.1 Å². The van der Waals surface area contributed by atoms with Gasteiger partial charge in [-0.2, -0.15) is 0 Å². The highest BCUT2D eigenvalue weighted by Gasteiger charge is 2.18. The number of aryl methyl sites for hydroxylation is 1. The summed E-state index contributed by atoms with van der Waals surface area (Å²) in [4.78, 5) is 23.0. The smallest absolute Gasteiger partial charge is 0.335 e. The van der Waals surface area contributed by atoms with Crippen LogP contribution in [0, 0.1) is 6.92 Å². The number of aromatic carboxylic acids is 2. The van der Waals surface area contributed by atoms with E-state index in [4.69, 9.17) is 0 Å². The Morgan fingerprint density at radius 3 is 1.34 bits per heavy atom. The van der Waals surface area contributed by atoms with Crippen LogP contribution >= 0.6 is 0 Å². The number of carbonyl (C=O) groups is 2. The number of rotatable bonds is 17. The minimum atomic E-state index is -1.04. The Balaban J connectivity index is 2.19. The molecule has 4 nitrogen and oxygen atoms in total. The van der Waals surface area contributed by atoms with Crippen LogP contribution in [0.4, 0.5) is 0 Å². The molecule has 0 aliphatic heterocycles. The first-order valence-electron chi connectivity index (χ1n) is 11.6. The van der Waals surface area contributed by atoms with Crippen LogP contribution in [0.5, 0.6) is 0 Å². The van der Waals surface area contributed by atoms with E-state index in [-0.39, 0.29) is 11.1 Å². The fourth-order valence-corrected chi connectivity index (χ4v) is 3.96. The molecule has 0 aliphatic carbocycles. The largest absolute Gasteiger partial charge is 0.478 e. The number of carboxylic acids is 2. The molecule has 0 fully saturated rings. The van der Waals surface area contributed by atoms with Gasteiger partial charge in [0, 0.05) is 0 Å². The Bertz CT molecular complexity index is 586. The predicted octanol–water partition coefficient (Wildman–Crippen LogP) is 7.42. The second-order valence-corrected chi connectivity index (χ2v) is 8.30. The third-order valence-electron chi connectivity index (χ3n) is 5.64. The zero-order valence-corrected chi connectivity index (χ0v) is 18.5. The monoisotopic (exact) mass is 404 g/mol. The summed E-state index contributed by atoms with van der Waals surface area (Å²) in [5, 5.41) is 18.8. The first-order chi connectivity index (χ1) is 14.0. The third kappa shape index (κ3) is 10.5. The van der Waals surface area contributed by atoms with Gasteiger partial charge in [-0.25, -0.2) is 9.59 Å². The van der Waals surface area contributed by atoms with Gasteiger partial charge in [0.15, 0.2) is 0 Å². The van der Waals surface area contributed by atoms with Crippen molar-refractivity contribution in [1.82, 2.24) is 0 Å². The van der Waals surface area contributed by atoms with E-state index >= 15 is 0 Å². The van der Waals surface area contributed by atoms with Crippen molar-refractivity contribution in [2.24, 2.45) is 0 Å². The number of benzene rings is 1. The molecule has 0 radical (unpaired) electrons. The average molecular weight is 405 g/mol. The summed E-state index contributed by atoms with van der Waals surface area (Å²) < 4.78 is 0. The number of hydrogen-bond acceptors (Lipinski definition) is 2. The van der Waals surface area contributed by atoms with Crippen molar-refractivity contribution in [3.63, 3.8) is 0 Å². The normalized spacial score (nSPS) is 11.0. The van der Waals surface area contributed by atoms with Gasteiger partial charge in [-0.1, -0.05) is 90.4 Å². The summed E-state index contributed by atoms with van der Waals surface area (Å²) in [6, 6.07) is 3.15. The van der Waals surface area contributed by atoms with Gasteiger partial charge in [-0.3, -0.25) is 0 Å². The molecule has 0 heterocycles. The summed E-state index contributed by atoms with van der Waals surface area (Å²) in [6.07, 6.45) is 18.2. The Morgan fingerprint density at radius 2 is 1.00 bits per heavy atom. The highest BCUT2D eigenvalue weighted by molar-refractivity contribution is 5.97.